The van der Waals surface area contributed by atoms with Crippen LogP contribution in [0, 0.1) is 11.3 Å². The van der Waals surface area contributed by atoms with Gasteiger partial charge in [0.25, 0.3) is 0 Å². The van der Waals surface area contributed by atoms with Crippen LogP contribution in [0.1, 0.15) is 11.1 Å². The van der Waals surface area contributed by atoms with E-state index in [4.69, 9.17) is 19.2 Å². The highest BCUT2D eigenvalue weighted by molar-refractivity contribution is 5.53. The Bertz CT molecular complexity index is 1050. The number of rotatable bonds is 6. The molecule has 8 heteroatoms. The average Bonchev–Trinajstić information content (AvgIpc) is 3.53. The molecule has 1 aromatic carbocycles. The largest absolute Gasteiger partial charge is 0.463 e. The summed E-state index contributed by atoms with van der Waals surface area (Å²) in [4.78, 5) is 8.86. The van der Waals surface area contributed by atoms with Gasteiger partial charge in [-0.15, -0.1) is 0 Å². The summed E-state index contributed by atoms with van der Waals surface area (Å²) in [5.74, 6) is 1.22. The number of ether oxygens (including phenoxy) is 2. The van der Waals surface area contributed by atoms with E-state index in [9.17, 15) is 0 Å². The first-order valence-corrected chi connectivity index (χ1v) is 9.89. The molecule has 2 aromatic heterocycles. The Balaban J connectivity index is 1.21. The summed E-state index contributed by atoms with van der Waals surface area (Å²) in [6.07, 6.45) is 3.20. The molecule has 4 atom stereocenters. The van der Waals surface area contributed by atoms with Crippen LogP contribution in [0.15, 0.2) is 59.3 Å². The van der Waals surface area contributed by atoms with Gasteiger partial charge in [0.2, 0.25) is 5.95 Å². The Hall–Kier alpha value is -3.25. The third-order valence-corrected chi connectivity index (χ3v) is 5.42. The first-order valence-electron chi connectivity index (χ1n) is 9.89. The molecular formula is C22H21N5O3. The molecule has 30 heavy (non-hydrogen) atoms. The molecule has 2 fully saturated rings. The highest BCUT2D eigenvalue weighted by Crippen LogP contribution is 2.29. The second-order valence-corrected chi connectivity index (χ2v) is 7.39. The SMILES string of the molecule is N#Cc1cccc(CNC2COC3C(Nc4nccc(-c5ccco5)n4)COC23)c1. The van der Waals surface area contributed by atoms with Crippen molar-refractivity contribution in [1.82, 2.24) is 15.3 Å². The van der Waals surface area contributed by atoms with E-state index in [1.54, 1.807) is 18.5 Å². The lowest BCUT2D eigenvalue weighted by Crippen LogP contribution is -2.41. The summed E-state index contributed by atoms with van der Waals surface area (Å²) >= 11 is 0. The number of aromatic nitrogens is 2. The minimum atomic E-state index is -0.0798. The minimum absolute atomic E-state index is 0.0319. The van der Waals surface area contributed by atoms with Crippen molar-refractivity contribution >= 4 is 5.95 Å². The van der Waals surface area contributed by atoms with Gasteiger partial charge in [-0.1, -0.05) is 12.1 Å². The number of fused-ring (bicyclic) bond motifs is 1. The molecule has 4 unspecified atom stereocenters. The lowest BCUT2D eigenvalue weighted by molar-refractivity contribution is 0.0675. The number of nitriles is 1. The Morgan fingerprint density at radius 2 is 1.93 bits per heavy atom. The normalized spacial score (nSPS) is 25.0. The molecule has 2 N–H and O–H groups in total. The maximum absolute atomic E-state index is 9.05. The van der Waals surface area contributed by atoms with Crippen LogP contribution in [0.25, 0.3) is 11.5 Å². The summed E-state index contributed by atoms with van der Waals surface area (Å²) < 4.78 is 17.5. The van der Waals surface area contributed by atoms with Crippen LogP contribution >= 0.6 is 0 Å². The summed E-state index contributed by atoms with van der Waals surface area (Å²) in [6.45, 7) is 1.74. The highest BCUT2D eigenvalue weighted by atomic mass is 16.6. The lowest BCUT2D eigenvalue weighted by atomic mass is 10.1. The molecule has 0 aliphatic carbocycles. The van der Waals surface area contributed by atoms with E-state index in [1.165, 1.54) is 0 Å². The monoisotopic (exact) mass is 403 g/mol. The summed E-state index contributed by atoms with van der Waals surface area (Å²) in [5.41, 5.74) is 2.45. The van der Waals surface area contributed by atoms with E-state index in [2.05, 4.69) is 26.7 Å². The number of nitrogens with zero attached hydrogens (tertiary/aromatic N) is 3. The fraction of sp³-hybridized carbons (Fsp3) is 0.318. The van der Waals surface area contributed by atoms with Crippen LogP contribution in [0.3, 0.4) is 0 Å². The van der Waals surface area contributed by atoms with Crippen LogP contribution in [-0.4, -0.2) is 47.5 Å². The van der Waals surface area contributed by atoms with Crippen LogP contribution < -0.4 is 10.6 Å². The van der Waals surface area contributed by atoms with Crippen molar-refractivity contribution in [2.75, 3.05) is 18.5 Å². The van der Waals surface area contributed by atoms with E-state index < -0.39 is 0 Å². The fourth-order valence-corrected chi connectivity index (χ4v) is 3.95. The van der Waals surface area contributed by atoms with Crippen LogP contribution in [0.4, 0.5) is 5.95 Å². The van der Waals surface area contributed by atoms with Crippen LogP contribution in [-0.2, 0) is 16.0 Å². The predicted octanol–water partition coefficient (Wildman–Crippen LogP) is 2.34. The first-order chi connectivity index (χ1) is 14.8. The second kappa shape index (κ2) is 8.24. The van der Waals surface area contributed by atoms with Crippen LogP contribution in [0.2, 0.25) is 0 Å². The summed E-state index contributed by atoms with van der Waals surface area (Å²) in [5, 5.41) is 15.9. The maximum atomic E-state index is 9.05. The van der Waals surface area contributed by atoms with E-state index in [0.717, 1.165) is 11.3 Å². The van der Waals surface area contributed by atoms with Crippen molar-refractivity contribution in [2.24, 2.45) is 0 Å². The first kappa shape index (κ1) is 18.8. The molecular weight excluding hydrogens is 382 g/mol. The van der Waals surface area contributed by atoms with Gasteiger partial charge in [0.15, 0.2) is 5.76 Å². The van der Waals surface area contributed by atoms with Crippen molar-refractivity contribution in [3.8, 4) is 17.5 Å². The quantitative estimate of drug-likeness (QED) is 0.646. The zero-order chi connectivity index (χ0) is 20.3. The van der Waals surface area contributed by atoms with Gasteiger partial charge in [0.1, 0.15) is 17.9 Å². The molecule has 3 aromatic rings. The molecule has 0 amide bonds. The van der Waals surface area contributed by atoms with E-state index in [0.29, 0.717) is 37.0 Å². The van der Waals surface area contributed by atoms with Gasteiger partial charge in [-0.2, -0.15) is 5.26 Å². The van der Waals surface area contributed by atoms with E-state index in [-0.39, 0.29) is 24.3 Å². The Morgan fingerprint density at radius 3 is 2.77 bits per heavy atom. The number of furan rings is 1. The van der Waals surface area contributed by atoms with Gasteiger partial charge in [-0.3, -0.25) is 0 Å². The molecule has 5 rings (SSSR count). The van der Waals surface area contributed by atoms with Gasteiger partial charge in [0, 0.05) is 12.7 Å². The smallest absolute Gasteiger partial charge is 0.223 e. The Morgan fingerprint density at radius 1 is 1.07 bits per heavy atom. The molecule has 0 spiro atoms. The van der Waals surface area contributed by atoms with Gasteiger partial charge < -0.3 is 24.5 Å². The van der Waals surface area contributed by atoms with E-state index >= 15 is 0 Å². The van der Waals surface area contributed by atoms with Gasteiger partial charge in [0.05, 0.1) is 43.2 Å². The van der Waals surface area contributed by atoms with Gasteiger partial charge in [-0.25, -0.2) is 9.97 Å². The Kier molecular flexibility index (Phi) is 5.15. The maximum Gasteiger partial charge on any atom is 0.223 e. The van der Waals surface area contributed by atoms with E-state index in [1.807, 2.05) is 36.4 Å². The van der Waals surface area contributed by atoms with Crippen molar-refractivity contribution in [3.05, 3.63) is 66.1 Å². The van der Waals surface area contributed by atoms with Crippen molar-refractivity contribution in [1.29, 1.82) is 5.26 Å². The predicted molar refractivity (Wildman–Crippen MR) is 108 cm³/mol. The fourth-order valence-electron chi connectivity index (χ4n) is 3.95. The second-order valence-electron chi connectivity index (χ2n) is 7.39. The van der Waals surface area contributed by atoms with Gasteiger partial charge in [-0.05, 0) is 35.9 Å². The molecule has 4 heterocycles. The van der Waals surface area contributed by atoms with Crippen molar-refractivity contribution in [2.45, 2.75) is 30.8 Å². The third-order valence-electron chi connectivity index (χ3n) is 5.42. The number of anilines is 1. The van der Waals surface area contributed by atoms with Crippen molar-refractivity contribution < 1.29 is 13.9 Å². The molecule has 2 aliphatic heterocycles. The summed E-state index contributed by atoms with van der Waals surface area (Å²) in [6, 6.07) is 15.3. The molecule has 2 saturated heterocycles. The van der Waals surface area contributed by atoms with Crippen LogP contribution in [0.5, 0.6) is 0 Å². The topological polar surface area (TPSA) is 105 Å². The Labute approximate surface area is 173 Å². The number of hydrogen-bond acceptors (Lipinski definition) is 8. The highest BCUT2D eigenvalue weighted by Gasteiger charge is 2.47. The molecule has 2 aliphatic rings. The standard InChI is InChI=1S/C22H21N5O3/c23-10-14-3-1-4-15(9-14)11-25-17-12-29-21-18(13-30-20(17)21)27-22-24-7-6-16(26-22)19-5-2-8-28-19/h1-9,17-18,20-21,25H,11-13H2,(H,24,26,27). The lowest BCUT2D eigenvalue weighted by Gasteiger charge is -2.18. The van der Waals surface area contributed by atoms with Gasteiger partial charge >= 0.3 is 0 Å². The molecule has 152 valence electrons. The minimum Gasteiger partial charge on any atom is -0.463 e. The number of hydrogen-bond donors (Lipinski definition) is 2. The molecule has 0 radical (unpaired) electrons. The summed E-state index contributed by atoms with van der Waals surface area (Å²) in [7, 11) is 0. The number of benzene rings is 1. The molecule has 0 bridgehead atoms. The number of nitrogens with one attached hydrogen (secondary N) is 2. The third kappa shape index (κ3) is 3.78. The zero-order valence-electron chi connectivity index (χ0n) is 16.2. The average molecular weight is 403 g/mol. The molecule has 0 saturated carbocycles. The molecule has 8 nitrogen and oxygen atoms in total. The van der Waals surface area contributed by atoms with Crippen molar-refractivity contribution in [3.63, 3.8) is 0 Å². The zero-order valence-corrected chi connectivity index (χ0v) is 16.2.